The van der Waals surface area contributed by atoms with Gasteiger partial charge in [0.05, 0.1) is 27.7 Å². The lowest BCUT2D eigenvalue weighted by Crippen LogP contribution is -2.18. The Hall–Kier alpha value is -2.39. The van der Waals surface area contributed by atoms with E-state index in [2.05, 4.69) is 10.0 Å². The molecule has 0 saturated carbocycles. The predicted molar refractivity (Wildman–Crippen MR) is 106 cm³/mol. The van der Waals surface area contributed by atoms with E-state index in [1.807, 2.05) is 0 Å². The van der Waals surface area contributed by atoms with E-state index in [0.717, 1.165) is 0 Å². The lowest BCUT2D eigenvalue weighted by Gasteiger charge is -2.13. The van der Waals surface area contributed by atoms with Crippen molar-refractivity contribution in [3.63, 3.8) is 0 Å². The summed E-state index contributed by atoms with van der Waals surface area (Å²) in [7, 11) is -6.94. The van der Waals surface area contributed by atoms with Crippen LogP contribution in [0.4, 0.5) is 11.4 Å². The summed E-state index contributed by atoms with van der Waals surface area (Å²) in [5, 5.41) is 2.66. The van der Waals surface area contributed by atoms with E-state index in [1.54, 1.807) is 37.3 Å². The van der Waals surface area contributed by atoms with Gasteiger partial charge < -0.3 is 5.32 Å². The van der Waals surface area contributed by atoms with Crippen molar-refractivity contribution < 1.29 is 21.6 Å². The third kappa shape index (κ3) is 5.08. The Morgan fingerprint density at radius 2 is 1.63 bits per heavy atom. The van der Waals surface area contributed by atoms with Gasteiger partial charge in [-0.2, -0.15) is 0 Å². The number of hydrogen-bond acceptors (Lipinski definition) is 5. The number of nitrogens with one attached hydrogen (secondary N) is 2. The van der Waals surface area contributed by atoms with Gasteiger partial charge in [0.2, 0.25) is 10.0 Å². The number of carbonyl (C=O) groups is 1. The zero-order valence-electron chi connectivity index (χ0n) is 15.3. The number of anilines is 2. The van der Waals surface area contributed by atoms with E-state index in [4.69, 9.17) is 0 Å². The third-order valence-corrected chi connectivity index (χ3v) is 7.05. The van der Waals surface area contributed by atoms with Crippen LogP contribution in [-0.4, -0.2) is 34.2 Å². The van der Waals surface area contributed by atoms with Crippen molar-refractivity contribution in [3.8, 4) is 0 Å². The van der Waals surface area contributed by atoms with Crippen LogP contribution >= 0.6 is 0 Å². The van der Waals surface area contributed by atoms with Crippen LogP contribution in [0.1, 0.15) is 29.8 Å². The van der Waals surface area contributed by atoms with Gasteiger partial charge in [0.25, 0.3) is 5.91 Å². The minimum absolute atomic E-state index is 0.0194. The number of benzene rings is 2. The Labute approximate surface area is 159 Å². The first-order valence-electron chi connectivity index (χ1n) is 8.34. The molecule has 0 aromatic heterocycles. The maximum absolute atomic E-state index is 12.6. The molecule has 0 heterocycles. The highest BCUT2D eigenvalue weighted by molar-refractivity contribution is 7.92. The normalized spacial score (nSPS) is 11.8. The Balaban J connectivity index is 2.29. The molecular weight excluding hydrogens is 388 g/mol. The molecule has 0 atom stereocenters. The Morgan fingerprint density at radius 1 is 0.963 bits per heavy atom. The van der Waals surface area contributed by atoms with Crippen LogP contribution in [0.25, 0.3) is 0 Å². The average Bonchev–Trinajstić information content (AvgIpc) is 2.64. The van der Waals surface area contributed by atoms with E-state index in [9.17, 15) is 21.6 Å². The van der Waals surface area contributed by atoms with E-state index >= 15 is 0 Å². The summed E-state index contributed by atoms with van der Waals surface area (Å²) in [6.45, 7) is 4.76. The smallest absolute Gasteiger partial charge is 0.256 e. The summed E-state index contributed by atoms with van der Waals surface area (Å²) in [4.78, 5) is 12.6. The summed E-state index contributed by atoms with van der Waals surface area (Å²) in [6, 6.07) is 10.7. The van der Waals surface area contributed by atoms with Gasteiger partial charge in [0, 0.05) is 5.69 Å². The molecule has 2 aromatic carbocycles. The molecule has 0 aliphatic heterocycles. The highest BCUT2D eigenvalue weighted by atomic mass is 32.2. The second-order valence-electron chi connectivity index (χ2n) is 5.89. The monoisotopic (exact) mass is 410 g/mol. The molecule has 2 N–H and O–H groups in total. The second-order valence-corrected chi connectivity index (χ2v) is 10.1. The summed E-state index contributed by atoms with van der Waals surface area (Å²) in [6.07, 6.45) is 0. The third-order valence-electron chi connectivity index (χ3n) is 3.98. The van der Waals surface area contributed by atoms with Gasteiger partial charge in [-0.3, -0.25) is 9.52 Å². The van der Waals surface area contributed by atoms with Crippen LogP contribution in [0.2, 0.25) is 0 Å². The summed E-state index contributed by atoms with van der Waals surface area (Å²) in [5.41, 5.74) is 1.54. The van der Waals surface area contributed by atoms with Crippen molar-refractivity contribution in [2.45, 2.75) is 25.7 Å². The van der Waals surface area contributed by atoms with Gasteiger partial charge in [-0.1, -0.05) is 19.1 Å². The van der Waals surface area contributed by atoms with Crippen molar-refractivity contribution in [1.29, 1.82) is 0 Å². The first kappa shape index (κ1) is 20.9. The van der Waals surface area contributed by atoms with Crippen molar-refractivity contribution in [1.82, 2.24) is 0 Å². The van der Waals surface area contributed by atoms with Gasteiger partial charge in [-0.05, 0) is 49.7 Å². The molecule has 0 bridgehead atoms. The lowest BCUT2D eigenvalue weighted by molar-refractivity contribution is 0.102. The van der Waals surface area contributed by atoms with E-state index in [-0.39, 0.29) is 22.0 Å². The molecule has 0 unspecified atom stereocenters. The van der Waals surface area contributed by atoms with E-state index in [1.165, 1.54) is 26.0 Å². The van der Waals surface area contributed by atoms with Crippen LogP contribution < -0.4 is 10.0 Å². The van der Waals surface area contributed by atoms with Gasteiger partial charge in [-0.25, -0.2) is 16.8 Å². The quantitative estimate of drug-likeness (QED) is 0.729. The zero-order chi connectivity index (χ0) is 20.2. The number of sulfone groups is 1. The van der Waals surface area contributed by atoms with Crippen LogP contribution in [0, 0.1) is 6.92 Å². The number of sulfonamides is 1. The second kappa shape index (κ2) is 8.10. The summed E-state index contributed by atoms with van der Waals surface area (Å²) < 4.78 is 50.2. The maximum atomic E-state index is 12.6. The first-order valence-corrected chi connectivity index (χ1v) is 11.6. The van der Waals surface area contributed by atoms with E-state index < -0.39 is 25.8 Å². The standard InChI is InChI=1S/C18H22N2O5S2/c1-4-26(22,23)17-9-7-6-8-15(17)18(21)19-14-10-11-16(13(3)12-14)20-27(24,25)5-2/h6-12,20H,4-5H2,1-3H3,(H,19,21). The number of rotatable bonds is 7. The van der Waals surface area contributed by atoms with Crippen molar-refractivity contribution in [2.24, 2.45) is 0 Å². The Kier molecular flexibility index (Phi) is 6.27. The molecule has 7 nitrogen and oxygen atoms in total. The molecule has 0 aliphatic rings. The molecule has 27 heavy (non-hydrogen) atoms. The zero-order valence-corrected chi connectivity index (χ0v) is 16.9. The average molecular weight is 411 g/mol. The number of hydrogen-bond donors (Lipinski definition) is 2. The van der Waals surface area contributed by atoms with Crippen LogP contribution in [0.5, 0.6) is 0 Å². The number of carbonyl (C=O) groups excluding carboxylic acids is 1. The minimum Gasteiger partial charge on any atom is -0.322 e. The fraction of sp³-hybridized carbons (Fsp3) is 0.278. The molecule has 0 aliphatic carbocycles. The van der Waals surface area contributed by atoms with Gasteiger partial charge in [0.1, 0.15) is 0 Å². The number of aryl methyl sites for hydroxylation is 1. The molecule has 9 heteroatoms. The molecule has 146 valence electrons. The molecular formula is C18H22N2O5S2. The fourth-order valence-corrected chi connectivity index (χ4v) is 4.18. The molecule has 2 aromatic rings. The van der Waals surface area contributed by atoms with Crippen LogP contribution in [-0.2, 0) is 19.9 Å². The molecule has 0 saturated heterocycles. The summed E-state index contributed by atoms with van der Waals surface area (Å²) in [5.74, 6) is -0.708. The highest BCUT2D eigenvalue weighted by Gasteiger charge is 2.20. The molecule has 0 radical (unpaired) electrons. The molecule has 0 spiro atoms. The van der Waals surface area contributed by atoms with Gasteiger partial charge in [0.15, 0.2) is 9.84 Å². The minimum atomic E-state index is -3.54. The Bertz CT molecular complexity index is 1060. The fourth-order valence-electron chi connectivity index (χ4n) is 2.37. The van der Waals surface area contributed by atoms with Crippen LogP contribution in [0.15, 0.2) is 47.4 Å². The van der Waals surface area contributed by atoms with Gasteiger partial charge >= 0.3 is 0 Å². The lowest BCUT2D eigenvalue weighted by atomic mass is 10.1. The van der Waals surface area contributed by atoms with Crippen molar-refractivity contribution >= 4 is 37.1 Å². The SMILES string of the molecule is CCS(=O)(=O)Nc1ccc(NC(=O)c2ccccc2S(=O)(=O)CC)cc1C. The van der Waals surface area contributed by atoms with Crippen LogP contribution in [0.3, 0.4) is 0 Å². The predicted octanol–water partition coefficient (Wildman–Crippen LogP) is 2.80. The topological polar surface area (TPSA) is 109 Å². The van der Waals surface area contributed by atoms with Crippen molar-refractivity contribution in [2.75, 3.05) is 21.5 Å². The highest BCUT2D eigenvalue weighted by Crippen LogP contribution is 2.23. The summed E-state index contributed by atoms with van der Waals surface area (Å²) >= 11 is 0. The Morgan fingerprint density at radius 3 is 2.22 bits per heavy atom. The van der Waals surface area contributed by atoms with Gasteiger partial charge in [-0.15, -0.1) is 0 Å². The van der Waals surface area contributed by atoms with Crippen molar-refractivity contribution in [3.05, 3.63) is 53.6 Å². The molecule has 2 rings (SSSR count). The number of amides is 1. The molecule has 0 fully saturated rings. The largest absolute Gasteiger partial charge is 0.322 e. The van der Waals surface area contributed by atoms with E-state index in [0.29, 0.717) is 16.9 Å². The maximum Gasteiger partial charge on any atom is 0.256 e. The molecule has 1 amide bonds. The first-order chi connectivity index (χ1) is 12.6.